The molecule has 0 saturated carbocycles. The Morgan fingerprint density at radius 3 is 2.17 bits per heavy atom. The first-order valence-electron chi connectivity index (χ1n) is 6.23. The number of carbonyl (C=O) groups is 1. The minimum atomic E-state index is -5.03. The molecule has 9 heteroatoms. The van der Waals surface area contributed by atoms with Crippen LogP contribution in [-0.2, 0) is 20.2 Å². The van der Waals surface area contributed by atoms with Gasteiger partial charge in [0.25, 0.3) is 0 Å². The number of hydrogen-bond acceptors (Lipinski definition) is 6. The number of carbonyl (C=O) groups excluding carboxylic acids is 1. The van der Waals surface area contributed by atoms with Crippen molar-refractivity contribution in [3.8, 4) is 5.75 Å². The molecule has 0 aliphatic carbocycles. The van der Waals surface area contributed by atoms with Crippen molar-refractivity contribution in [2.75, 3.05) is 0 Å². The summed E-state index contributed by atoms with van der Waals surface area (Å²) >= 11 is 0. The van der Waals surface area contributed by atoms with Crippen LogP contribution in [0.25, 0.3) is 0 Å². The van der Waals surface area contributed by atoms with Gasteiger partial charge in [0.1, 0.15) is 4.90 Å². The Balaban J connectivity index is 2.52. The fourth-order valence-electron chi connectivity index (χ4n) is 1.76. The number of benzene rings is 2. The van der Waals surface area contributed by atoms with Crippen molar-refractivity contribution >= 4 is 25.4 Å². The highest BCUT2D eigenvalue weighted by Gasteiger charge is 2.27. The second-order valence-corrected chi connectivity index (χ2v) is 7.48. The minimum Gasteiger partial charge on any atom is -0.378 e. The van der Waals surface area contributed by atoms with Gasteiger partial charge in [0.05, 0.1) is 5.56 Å². The van der Waals surface area contributed by atoms with E-state index in [1.165, 1.54) is 36.4 Å². The maximum Gasteiger partial charge on any atom is 0.339 e. The maximum atomic E-state index is 12.2. The van der Waals surface area contributed by atoms with E-state index in [0.717, 1.165) is 6.07 Å². The Hall–Kier alpha value is -2.23. The molecule has 7 nitrogen and oxygen atoms in total. The standard InChI is InChI=1S/C14H12O7S2/c1-10-7-8-12(14(15)22(16,17)18)13(9-10)21-23(19,20)11-5-3-2-4-6-11/h2-9H,1H3,(H,16,17,18). The quantitative estimate of drug-likeness (QED) is 0.656. The van der Waals surface area contributed by atoms with E-state index in [1.54, 1.807) is 13.0 Å². The van der Waals surface area contributed by atoms with Crippen LogP contribution in [0, 0.1) is 6.92 Å². The van der Waals surface area contributed by atoms with Gasteiger partial charge in [-0.3, -0.25) is 9.35 Å². The largest absolute Gasteiger partial charge is 0.378 e. The SMILES string of the molecule is Cc1ccc(C(=O)S(=O)(=O)O)c(OS(=O)(=O)c2ccccc2)c1. The molecule has 2 aromatic carbocycles. The maximum absolute atomic E-state index is 12.2. The molecule has 0 saturated heterocycles. The smallest absolute Gasteiger partial charge is 0.339 e. The Bertz CT molecular complexity index is 946. The van der Waals surface area contributed by atoms with E-state index in [0.29, 0.717) is 5.56 Å². The van der Waals surface area contributed by atoms with Crippen LogP contribution in [0.4, 0.5) is 0 Å². The molecular weight excluding hydrogens is 344 g/mol. The molecule has 0 heterocycles. The summed E-state index contributed by atoms with van der Waals surface area (Å²) < 4.78 is 60.2. The molecule has 23 heavy (non-hydrogen) atoms. The van der Waals surface area contributed by atoms with E-state index in [9.17, 15) is 21.6 Å². The van der Waals surface area contributed by atoms with Gasteiger partial charge in [-0.1, -0.05) is 24.3 Å². The lowest BCUT2D eigenvalue weighted by atomic mass is 10.1. The summed E-state index contributed by atoms with van der Waals surface area (Å²) in [6.07, 6.45) is 0. The Morgan fingerprint density at radius 1 is 1.00 bits per heavy atom. The van der Waals surface area contributed by atoms with Crippen LogP contribution in [0.1, 0.15) is 15.9 Å². The average Bonchev–Trinajstić information content (AvgIpc) is 2.46. The van der Waals surface area contributed by atoms with Crippen LogP contribution in [0.15, 0.2) is 53.4 Å². The van der Waals surface area contributed by atoms with E-state index < -0.39 is 36.7 Å². The van der Waals surface area contributed by atoms with Gasteiger partial charge in [-0.2, -0.15) is 16.8 Å². The molecule has 0 aromatic heterocycles. The minimum absolute atomic E-state index is 0.160. The zero-order chi connectivity index (χ0) is 17.3. The monoisotopic (exact) mass is 356 g/mol. The van der Waals surface area contributed by atoms with Crippen molar-refractivity contribution in [3.63, 3.8) is 0 Å². The highest BCUT2D eigenvalue weighted by atomic mass is 32.2. The number of aryl methyl sites for hydroxylation is 1. The molecule has 0 amide bonds. The lowest BCUT2D eigenvalue weighted by Gasteiger charge is -2.11. The number of rotatable bonds is 4. The highest BCUT2D eigenvalue weighted by molar-refractivity contribution is 8.01. The van der Waals surface area contributed by atoms with E-state index in [-0.39, 0.29) is 4.90 Å². The second-order valence-electron chi connectivity index (χ2n) is 4.61. The van der Waals surface area contributed by atoms with Gasteiger partial charge in [-0.15, -0.1) is 0 Å². The van der Waals surface area contributed by atoms with E-state index >= 15 is 0 Å². The zero-order valence-corrected chi connectivity index (χ0v) is 13.5. The lowest BCUT2D eigenvalue weighted by Crippen LogP contribution is -2.17. The second kappa shape index (κ2) is 6.11. The third kappa shape index (κ3) is 3.95. The van der Waals surface area contributed by atoms with Gasteiger partial charge in [0.2, 0.25) is 0 Å². The number of hydrogen-bond donors (Lipinski definition) is 1. The first-order valence-corrected chi connectivity index (χ1v) is 9.08. The molecule has 0 atom stereocenters. The molecule has 2 rings (SSSR count). The third-order valence-corrected chi connectivity index (χ3v) is 4.76. The predicted molar refractivity (Wildman–Crippen MR) is 81.3 cm³/mol. The molecule has 0 radical (unpaired) electrons. The molecule has 0 aliphatic rings. The topological polar surface area (TPSA) is 115 Å². The van der Waals surface area contributed by atoms with Crippen molar-refractivity contribution in [1.82, 2.24) is 0 Å². The van der Waals surface area contributed by atoms with Crippen molar-refractivity contribution in [2.24, 2.45) is 0 Å². The van der Waals surface area contributed by atoms with Crippen molar-refractivity contribution in [2.45, 2.75) is 11.8 Å². The molecular formula is C14H12O7S2. The fourth-order valence-corrected chi connectivity index (χ4v) is 3.17. The van der Waals surface area contributed by atoms with Gasteiger partial charge >= 0.3 is 25.4 Å². The van der Waals surface area contributed by atoms with Gasteiger partial charge in [0, 0.05) is 0 Å². The summed E-state index contributed by atoms with van der Waals surface area (Å²) in [7, 11) is -9.29. The zero-order valence-electron chi connectivity index (χ0n) is 11.8. The summed E-state index contributed by atoms with van der Waals surface area (Å²) in [6, 6.07) is 10.8. The van der Waals surface area contributed by atoms with Crippen LogP contribution in [0.3, 0.4) is 0 Å². The van der Waals surface area contributed by atoms with E-state index in [1.807, 2.05) is 0 Å². The highest BCUT2D eigenvalue weighted by Crippen LogP contribution is 2.26. The summed E-state index contributed by atoms with van der Waals surface area (Å²) in [4.78, 5) is 11.5. The van der Waals surface area contributed by atoms with Crippen LogP contribution in [0.2, 0.25) is 0 Å². The van der Waals surface area contributed by atoms with E-state index in [2.05, 4.69) is 0 Å². The van der Waals surface area contributed by atoms with Gasteiger partial charge in [-0.25, -0.2) is 0 Å². The lowest BCUT2D eigenvalue weighted by molar-refractivity contribution is 0.106. The van der Waals surface area contributed by atoms with Crippen LogP contribution < -0.4 is 4.18 Å². The molecule has 0 bridgehead atoms. The van der Waals surface area contributed by atoms with Crippen LogP contribution in [-0.4, -0.2) is 26.5 Å². The Kier molecular flexibility index (Phi) is 4.55. The Morgan fingerprint density at radius 2 is 1.61 bits per heavy atom. The fraction of sp³-hybridized carbons (Fsp3) is 0.0714. The van der Waals surface area contributed by atoms with Gasteiger partial charge in [0.15, 0.2) is 5.75 Å². The first-order chi connectivity index (χ1) is 10.6. The molecule has 0 spiro atoms. The van der Waals surface area contributed by atoms with E-state index in [4.69, 9.17) is 8.74 Å². The predicted octanol–water partition coefficient (Wildman–Crippen LogP) is 1.79. The van der Waals surface area contributed by atoms with Crippen molar-refractivity contribution < 1.29 is 30.4 Å². The molecule has 2 aromatic rings. The summed E-state index contributed by atoms with van der Waals surface area (Å²) in [5.41, 5.74) is -0.0345. The Labute approximate surface area is 133 Å². The normalized spacial score (nSPS) is 11.9. The van der Waals surface area contributed by atoms with Crippen molar-refractivity contribution in [1.29, 1.82) is 0 Å². The molecule has 1 N–H and O–H groups in total. The summed E-state index contributed by atoms with van der Waals surface area (Å²) in [6.45, 7) is 1.60. The first kappa shape index (κ1) is 17.1. The van der Waals surface area contributed by atoms with Crippen molar-refractivity contribution in [3.05, 3.63) is 59.7 Å². The molecule has 122 valence electrons. The average molecular weight is 356 g/mol. The summed E-state index contributed by atoms with van der Waals surface area (Å²) in [5.74, 6) is -0.475. The van der Waals surface area contributed by atoms with Gasteiger partial charge in [-0.05, 0) is 36.8 Å². The molecule has 0 aliphatic heterocycles. The van der Waals surface area contributed by atoms with Gasteiger partial charge < -0.3 is 4.18 Å². The molecule has 0 unspecified atom stereocenters. The summed E-state index contributed by atoms with van der Waals surface area (Å²) in [5, 5.41) is -1.64. The molecule has 0 fully saturated rings. The third-order valence-electron chi connectivity index (χ3n) is 2.82. The van der Waals surface area contributed by atoms with Crippen LogP contribution in [0.5, 0.6) is 5.75 Å². The van der Waals surface area contributed by atoms with Crippen LogP contribution >= 0.6 is 0 Å².